The molecule has 4 aromatic heterocycles. The van der Waals surface area contributed by atoms with E-state index in [1.165, 1.54) is 5.56 Å². The zero-order valence-corrected chi connectivity index (χ0v) is 13.4. The van der Waals surface area contributed by atoms with Crippen molar-refractivity contribution < 1.29 is 4.57 Å². The predicted octanol–water partition coefficient (Wildman–Crippen LogP) is 2.99. The number of pyridine rings is 2. The molecule has 1 aromatic carbocycles. The van der Waals surface area contributed by atoms with Crippen molar-refractivity contribution in [1.82, 2.24) is 18.9 Å². The van der Waals surface area contributed by atoms with Crippen LogP contribution in [0.3, 0.4) is 0 Å². The number of aromatic nitrogens is 5. The first kappa shape index (κ1) is 12.9. The van der Waals surface area contributed by atoms with Gasteiger partial charge in [0.2, 0.25) is 0 Å². The molecule has 5 heterocycles. The smallest absolute Gasteiger partial charge is 0.268 e. The molecule has 0 atom stereocenters. The van der Waals surface area contributed by atoms with E-state index in [0.29, 0.717) is 0 Å². The molecular weight excluding hydrogens is 310 g/mol. The van der Waals surface area contributed by atoms with Gasteiger partial charge in [-0.15, -0.1) is 0 Å². The zero-order valence-electron chi connectivity index (χ0n) is 13.4. The van der Waals surface area contributed by atoms with E-state index in [2.05, 4.69) is 66.1 Å². The molecule has 0 bridgehead atoms. The van der Waals surface area contributed by atoms with Gasteiger partial charge < -0.3 is 0 Å². The first-order valence-corrected chi connectivity index (χ1v) is 8.32. The fourth-order valence-corrected chi connectivity index (χ4v) is 3.88. The molecule has 0 unspecified atom stereocenters. The van der Waals surface area contributed by atoms with Crippen LogP contribution in [0.15, 0.2) is 73.2 Å². The van der Waals surface area contributed by atoms with Gasteiger partial charge in [-0.2, -0.15) is 4.40 Å². The van der Waals surface area contributed by atoms with Gasteiger partial charge >= 0.3 is 5.82 Å². The van der Waals surface area contributed by atoms with E-state index in [9.17, 15) is 0 Å². The highest BCUT2D eigenvalue weighted by Crippen LogP contribution is 2.31. The van der Waals surface area contributed by atoms with Crippen LogP contribution in [0.5, 0.6) is 0 Å². The topological polar surface area (TPSA) is 39.0 Å². The van der Waals surface area contributed by atoms with Crippen molar-refractivity contribution in [1.29, 1.82) is 0 Å². The lowest BCUT2D eigenvalue weighted by molar-refractivity contribution is -0.670. The van der Waals surface area contributed by atoms with Crippen molar-refractivity contribution in [2.45, 2.75) is 6.54 Å². The van der Waals surface area contributed by atoms with Gasteiger partial charge in [-0.1, -0.05) is 24.3 Å². The summed E-state index contributed by atoms with van der Waals surface area (Å²) >= 11 is 0. The second kappa shape index (κ2) is 4.54. The maximum atomic E-state index is 4.68. The van der Waals surface area contributed by atoms with E-state index >= 15 is 0 Å². The van der Waals surface area contributed by atoms with Crippen LogP contribution in [0, 0.1) is 0 Å². The van der Waals surface area contributed by atoms with Gasteiger partial charge in [0, 0.05) is 23.6 Å². The van der Waals surface area contributed by atoms with Crippen LogP contribution >= 0.6 is 0 Å². The third kappa shape index (κ3) is 1.59. The van der Waals surface area contributed by atoms with Gasteiger partial charge in [-0.05, 0) is 30.3 Å². The predicted molar refractivity (Wildman–Crippen MR) is 94.6 cm³/mol. The van der Waals surface area contributed by atoms with Crippen LogP contribution in [0.4, 0.5) is 0 Å². The summed E-state index contributed by atoms with van der Waals surface area (Å²) in [5.41, 5.74) is 6.58. The van der Waals surface area contributed by atoms with Crippen molar-refractivity contribution in [3.63, 3.8) is 0 Å². The molecule has 118 valence electrons. The largest absolute Gasteiger partial charge is 0.316 e. The van der Waals surface area contributed by atoms with E-state index in [1.54, 1.807) is 0 Å². The molecule has 0 N–H and O–H groups in total. The van der Waals surface area contributed by atoms with Crippen LogP contribution in [0.1, 0.15) is 5.56 Å². The maximum Gasteiger partial charge on any atom is 0.316 e. The molecule has 0 spiro atoms. The molecule has 0 saturated carbocycles. The summed E-state index contributed by atoms with van der Waals surface area (Å²) in [4.78, 5) is 9.31. The minimum absolute atomic E-state index is 0.850. The van der Waals surface area contributed by atoms with Crippen molar-refractivity contribution in [2.75, 3.05) is 0 Å². The van der Waals surface area contributed by atoms with Crippen LogP contribution in [0.25, 0.3) is 34.0 Å². The van der Waals surface area contributed by atoms with Gasteiger partial charge in [-0.25, -0.2) is 14.5 Å². The standard InChI is InChI=1S/C20H14N5/c1-2-7-15(8-3-1)24-16-9-5-11-22-19(16)25-17(24)13-23-12-14-6-4-10-21-18(14)20(23)25/h1-11,13H,12H2/q+1. The fourth-order valence-electron chi connectivity index (χ4n) is 3.88. The molecule has 5 aromatic rings. The quantitative estimate of drug-likeness (QED) is 0.436. The summed E-state index contributed by atoms with van der Waals surface area (Å²) in [6.45, 7) is 0.850. The van der Waals surface area contributed by atoms with Gasteiger partial charge in [0.05, 0.1) is 0 Å². The highest BCUT2D eigenvalue weighted by Gasteiger charge is 2.35. The molecular formula is C20H14N5+. The van der Waals surface area contributed by atoms with Crippen LogP contribution in [-0.4, -0.2) is 18.9 Å². The third-order valence-electron chi connectivity index (χ3n) is 4.89. The second-order valence-electron chi connectivity index (χ2n) is 6.30. The van der Waals surface area contributed by atoms with Crippen molar-refractivity contribution in [2.24, 2.45) is 0 Å². The van der Waals surface area contributed by atoms with E-state index in [0.717, 1.165) is 40.6 Å². The lowest BCUT2D eigenvalue weighted by atomic mass is 10.2. The number of imidazole rings is 2. The van der Waals surface area contributed by atoms with Gasteiger partial charge in [0.1, 0.15) is 12.1 Å². The Bertz CT molecular complexity index is 1260. The summed E-state index contributed by atoms with van der Waals surface area (Å²) in [5, 5.41) is 0. The Balaban J connectivity index is 1.81. The van der Waals surface area contributed by atoms with E-state index in [1.807, 2.05) is 30.6 Å². The number of benzene rings is 1. The Morgan fingerprint density at radius 3 is 2.64 bits per heavy atom. The zero-order chi connectivity index (χ0) is 16.4. The molecule has 0 radical (unpaired) electrons. The SMILES string of the molecule is c1ccc(-n2c3cccnc3n3c4[n+](cc23)Cc2cccnc2-4)cc1. The third-order valence-corrected chi connectivity index (χ3v) is 4.89. The normalized spacial score (nSPS) is 12.6. The Kier molecular flexibility index (Phi) is 2.34. The summed E-state index contributed by atoms with van der Waals surface area (Å²) in [6.07, 6.45) is 5.91. The fraction of sp³-hybridized carbons (Fsp3) is 0.0500. The summed E-state index contributed by atoms with van der Waals surface area (Å²) in [5.74, 6) is 1.10. The molecule has 0 saturated heterocycles. The Morgan fingerprint density at radius 1 is 0.880 bits per heavy atom. The first-order chi connectivity index (χ1) is 12.4. The lowest BCUT2D eigenvalue weighted by Gasteiger charge is -2.02. The maximum absolute atomic E-state index is 4.68. The number of nitrogens with zero attached hydrogens (tertiary/aromatic N) is 5. The molecule has 0 fully saturated rings. The van der Waals surface area contributed by atoms with Crippen LogP contribution in [-0.2, 0) is 6.54 Å². The number of fused-ring (bicyclic) bond motifs is 7. The number of rotatable bonds is 1. The summed E-state index contributed by atoms with van der Waals surface area (Å²) in [6, 6.07) is 18.7. The van der Waals surface area contributed by atoms with Gasteiger partial charge in [0.15, 0.2) is 11.9 Å². The van der Waals surface area contributed by atoms with Crippen molar-refractivity contribution >= 4 is 16.8 Å². The summed E-state index contributed by atoms with van der Waals surface area (Å²) in [7, 11) is 0. The molecule has 1 aliphatic heterocycles. The minimum Gasteiger partial charge on any atom is -0.268 e. The highest BCUT2D eigenvalue weighted by molar-refractivity contribution is 5.83. The Morgan fingerprint density at radius 2 is 1.72 bits per heavy atom. The van der Waals surface area contributed by atoms with E-state index in [4.69, 9.17) is 0 Å². The van der Waals surface area contributed by atoms with Gasteiger partial charge in [-0.3, -0.25) is 4.57 Å². The molecule has 0 aliphatic carbocycles. The second-order valence-corrected chi connectivity index (χ2v) is 6.30. The Labute approximate surface area is 143 Å². The van der Waals surface area contributed by atoms with Crippen LogP contribution < -0.4 is 4.57 Å². The lowest BCUT2D eigenvalue weighted by Crippen LogP contribution is -2.29. The molecule has 0 amide bonds. The average molecular weight is 324 g/mol. The molecule has 5 heteroatoms. The number of para-hydroxylation sites is 1. The molecule has 6 rings (SSSR count). The van der Waals surface area contributed by atoms with Gasteiger partial charge in [0.25, 0.3) is 11.3 Å². The van der Waals surface area contributed by atoms with Crippen LogP contribution in [0.2, 0.25) is 0 Å². The minimum atomic E-state index is 0.850. The highest BCUT2D eigenvalue weighted by atomic mass is 15.3. The number of hydrogen-bond donors (Lipinski definition) is 0. The monoisotopic (exact) mass is 324 g/mol. The van der Waals surface area contributed by atoms with E-state index in [-0.39, 0.29) is 0 Å². The molecule has 1 aliphatic rings. The Hall–Kier alpha value is -3.47. The molecule has 25 heavy (non-hydrogen) atoms. The number of hydrogen-bond acceptors (Lipinski definition) is 2. The first-order valence-electron chi connectivity index (χ1n) is 8.32. The van der Waals surface area contributed by atoms with Crippen molar-refractivity contribution in [3.05, 3.63) is 78.8 Å². The van der Waals surface area contributed by atoms with E-state index < -0.39 is 0 Å². The average Bonchev–Trinajstić information content (AvgIpc) is 3.28. The molecule has 5 nitrogen and oxygen atoms in total. The van der Waals surface area contributed by atoms with Crippen molar-refractivity contribution in [3.8, 4) is 17.2 Å². The summed E-state index contributed by atoms with van der Waals surface area (Å²) < 4.78 is 6.75.